The zero-order valence-corrected chi connectivity index (χ0v) is 13.2. The number of amides is 3. The average molecular weight is 350 g/mol. The van der Waals surface area contributed by atoms with Gasteiger partial charge in [0.1, 0.15) is 0 Å². The van der Waals surface area contributed by atoms with Gasteiger partial charge in [0.25, 0.3) is 5.91 Å². The van der Waals surface area contributed by atoms with Crippen molar-refractivity contribution in [3.63, 3.8) is 0 Å². The summed E-state index contributed by atoms with van der Waals surface area (Å²) in [5.74, 6) is -0.352. The zero-order chi connectivity index (χ0) is 17.8. The van der Waals surface area contributed by atoms with Gasteiger partial charge < -0.3 is 20.0 Å². The van der Waals surface area contributed by atoms with Gasteiger partial charge in [-0.1, -0.05) is 60.7 Å². The van der Waals surface area contributed by atoms with E-state index in [0.717, 1.165) is 11.1 Å². The third-order valence-electron chi connectivity index (χ3n) is 3.28. The molecular weight excluding hydrogens is 335 g/mol. The van der Waals surface area contributed by atoms with E-state index < -0.39 is 19.4 Å². The Hall–Kier alpha value is -2.51. The first-order chi connectivity index (χ1) is 11.2. The van der Waals surface area contributed by atoms with Gasteiger partial charge in [0.15, 0.2) is 5.54 Å². The van der Waals surface area contributed by atoms with E-state index in [1.807, 2.05) is 60.7 Å². The van der Waals surface area contributed by atoms with Crippen LogP contribution in [0, 0.1) is 0 Å². The Kier molecular flexibility index (Phi) is 5.16. The molecule has 0 radical (unpaired) electrons. The number of nitrogens with one attached hydrogen (secondary N) is 2. The number of hydrogen-bond donors (Lipinski definition) is 5. The van der Waals surface area contributed by atoms with Crippen molar-refractivity contribution in [3.8, 4) is 0 Å². The quantitative estimate of drug-likeness (QED) is 0.402. The summed E-state index contributed by atoms with van der Waals surface area (Å²) in [5.41, 5.74) is 0.341. The van der Waals surface area contributed by atoms with Crippen molar-refractivity contribution in [2.24, 2.45) is 0 Å². The van der Waals surface area contributed by atoms with Crippen molar-refractivity contribution in [2.45, 2.75) is 5.54 Å². The second-order valence-electron chi connectivity index (χ2n) is 4.90. The van der Waals surface area contributed by atoms with Crippen molar-refractivity contribution in [1.82, 2.24) is 10.6 Å². The lowest BCUT2D eigenvalue weighted by Crippen LogP contribution is -2.44. The average Bonchev–Trinajstić information content (AvgIpc) is 2.83. The summed E-state index contributed by atoms with van der Waals surface area (Å²) in [4.78, 5) is 45.4. The molecule has 3 amide bonds. The Bertz CT molecular complexity index is 727. The van der Waals surface area contributed by atoms with Gasteiger partial charge in [0.2, 0.25) is 0 Å². The SMILES string of the molecule is O=C1NC(=O)C(c2ccccc2)(c2ccccc2)N1.O=P(O)(O)O. The van der Waals surface area contributed by atoms with Gasteiger partial charge in [-0.05, 0) is 11.1 Å². The van der Waals surface area contributed by atoms with E-state index in [1.54, 1.807) is 0 Å². The molecule has 1 heterocycles. The highest BCUT2D eigenvalue weighted by atomic mass is 31.2. The Morgan fingerprint density at radius 2 is 1.17 bits per heavy atom. The predicted molar refractivity (Wildman–Crippen MR) is 84.6 cm³/mol. The molecule has 0 unspecified atom stereocenters. The Labute approximate surface area is 137 Å². The molecule has 0 bridgehead atoms. The van der Waals surface area contributed by atoms with Crippen LogP contribution in [0.15, 0.2) is 60.7 Å². The van der Waals surface area contributed by atoms with E-state index in [1.165, 1.54) is 0 Å². The zero-order valence-electron chi connectivity index (χ0n) is 12.3. The minimum atomic E-state index is -4.64. The maximum absolute atomic E-state index is 12.3. The molecule has 5 N–H and O–H groups in total. The summed E-state index contributed by atoms with van der Waals surface area (Å²) in [7, 11) is -4.64. The maximum atomic E-state index is 12.3. The van der Waals surface area contributed by atoms with E-state index in [4.69, 9.17) is 19.2 Å². The molecule has 126 valence electrons. The van der Waals surface area contributed by atoms with Crippen LogP contribution in [0.3, 0.4) is 0 Å². The number of benzene rings is 2. The smallest absolute Gasteiger partial charge is 0.316 e. The molecule has 0 atom stereocenters. The minimum Gasteiger partial charge on any atom is -0.316 e. The van der Waals surface area contributed by atoms with Crippen molar-refractivity contribution in [1.29, 1.82) is 0 Å². The van der Waals surface area contributed by atoms with E-state index in [9.17, 15) is 9.59 Å². The van der Waals surface area contributed by atoms with Crippen molar-refractivity contribution < 1.29 is 28.8 Å². The molecular formula is C15H15N2O6P. The number of phosphoric acid groups is 1. The molecule has 0 aromatic heterocycles. The molecule has 9 heteroatoms. The number of hydrogen-bond acceptors (Lipinski definition) is 3. The highest BCUT2D eigenvalue weighted by Gasteiger charge is 2.48. The molecule has 1 fully saturated rings. The first-order valence-electron chi connectivity index (χ1n) is 6.76. The van der Waals surface area contributed by atoms with Crippen LogP contribution in [0.25, 0.3) is 0 Å². The first-order valence-corrected chi connectivity index (χ1v) is 8.33. The summed E-state index contributed by atoms with van der Waals surface area (Å²) < 4.78 is 8.88. The lowest BCUT2D eigenvalue weighted by atomic mass is 9.83. The van der Waals surface area contributed by atoms with Gasteiger partial charge in [-0.2, -0.15) is 0 Å². The Balaban J connectivity index is 0.000000368. The van der Waals surface area contributed by atoms with Crippen molar-refractivity contribution in [2.75, 3.05) is 0 Å². The third kappa shape index (κ3) is 4.06. The van der Waals surface area contributed by atoms with Crippen LogP contribution in [0.2, 0.25) is 0 Å². The van der Waals surface area contributed by atoms with Crippen LogP contribution in [-0.2, 0) is 14.9 Å². The van der Waals surface area contributed by atoms with E-state index in [-0.39, 0.29) is 5.91 Å². The number of urea groups is 1. The predicted octanol–water partition coefficient (Wildman–Crippen LogP) is 0.841. The fourth-order valence-electron chi connectivity index (χ4n) is 2.40. The fourth-order valence-corrected chi connectivity index (χ4v) is 2.40. The lowest BCUT2D eigenvalue weighted by molar-refractivity contribution is -0.122. The molecule has 3 rings (SSSR count). The molecule has 1 saturated heterocycles. The van der Waals surface area contributed by atoms with E-state index in [0.29, 0.717) is 0 Å². The second-order valence-corrected chi connectivity index (χ2v) is 5.93. The summed E-state index contributed by atoms with van der Waals surface area (Å²) in [6, 6.07) is 18.0. The number of carbonyl (C=O) groups excluding carboxylic acids is 2. The van der Waals surface area contributed by atoms with Gasteiger partial charge in [-0.3, -0.25) is 10.1 Å². The first kappa shape index (κ1) is 17.8. The van der Waals surface area contributed by atoms with Crippen LogP contribution in [0.5, 0.6) is 0 Å². The Morgan fingerprint density at radius 1 is 0.792 bits per heavy atom. The van der Waals surface area contributed by atoms with Gasteiger partial charge in [-0.15, -0.1) is 0 Å². The summed E-state index contributed by atoms with van der Waals surface area (Å²) >= 11 is 0. The number of rotatable bonds is 2. The number of imide groups is 1. The van der Waals surface area contributed by atoms with Crippen molar-refractivity contribution in [3.05, 3.63) is 71.8 Å². The second kappa shape index (κ2) is 6.94. The molecule has 8 nitrogen and oxygen atoms in total. The van der Waals surface area contributed by atoms with Gasteiger partial charge >= 0.3 is 13.9 Å². The van der Waals surface area contributed by atoms with E-state index in [2.05, 4.69) is 10.6 Å². The normalized spacial score (nSPS) is 15.8. The monoisotopic (exact) mass is 350 g/mol. The van der Waals surface area contributed by atoms with Gasteiger partial charge in [-0.25, -0.2) is 9.36 Å². The fraction of sp³-hybridized carbons (Fsp3) is 0.0667. The number of carbonyl (C=O) groups is 2. The third-order valence-corrected chi connectivity index (χ3v) is 3.28. The molecule has 0 spiro atoms. The van der Waals surface area contributed by atoms with Gasteiger partial charge in [0.05, 0.1) is 0 Å². The summed E-state index contributed by atoms with van der Waals surface area (Å²) in [6.07, 6.45) is 0. The minimum absolute atomic E-state index is 0.352. The maximum Gasteiger partial charge on any atom is 0.466 e. The Morgan fingerprint density at radius 3 is 1.46 bits per heavy atom. The highest BCUT2D eigenvalue weighted by molar-refractivity contribution is 7.45. The van der Waals surface area contributed by atoms with Crippen LogP contribution in [0.1, 0.15) is 11.1 Å². The highest BCUT2D eigenvalue weighted by Crippen LogP contribution is 2.32. The molecule has 0 saturated carbocycles. The van der Waals surface area contributed by atoms with Crippen LogP contribution >= 0.6 is 7.82 Å². The molecule has 0 aliphatic carbocycles. The standard InChI is InChI=1S/C15H12N2O2.H3O4P/c18-13-15(17-14(19)16-13,11-7-3-1-4-8-11)12-9-5-2-6-10-12;1-5(2,3)4/h1-10H,(H2,16,17,18,19);(H3,1,2,3,4). The molecule has 2 aromatic carbocycles. The van der Waals surface area contributed by atoms with Crippen LogP contribution < -0.4 is 10.6 Å². The molecule has 24 heavy (non-hydrogen) atoms. The summed E-state index contributed by atoms with van der Waals surface area (Å²) in [5, 5.41) is 5.07. The van der Waals surface area contributed by atoms with E-state index >= 15 is 0 Å². The summed E-state index contributed by atoms with van der Waals surface area (Å²) in [6.45, 7) is 0. The molecule has 2 aromatic rings. The van der Waals surface area contributed by atoms with Crippen LogP contribution in [-0.4, -0.2) is 26.6 Å². The lowest BCUT2D eigenvalue weighted by Gasteiger charge is -2.27. The van der Waals surface area contributed by atoms with Crippen LogP contribution in [0.4, 0.5) is 4.79 Å². The van der Waals surface area contributed by atoms with Gasteiger partial charge in [0, 0.05) is 0 Å². The molecule has 1 aliphatic rings. The van der Waals surface area contributed by atoms with Crippen molar-refractivity contribution >= 4 is 19.8 Å². The topological polar surface area (TPSA) is 136 Å². The largest absolute Gasteiger partial charge is 0.466 e. The molecule has 1 aliphatic heterocycles.